The summed E-state index contributed by atoms with van der Waals surface area (Å²) in [7, 11) is 0. The van der Waals surface area contributed by atoms with E-state index in [1.54, 1.807) is 0 Å². The molecular weight excluding hydrogens is 324 g/mol. The smallest absolute Gasteiger partial charge is 0.251 e. The van der Waals surface area contributed by atoms with Gasteiger partial charge in [-0.15, -0.1) is 0 Å². The molecule has 26 heavy (non-hydrogen) atoms. The SMILES string of the molecule is CCC(CNC(=O)c1ccccc1)C[C@H](C)CNC(=O)c1ccccc1. The van der Waals surface area contributed by atoms with Crippen molar-refractivity contribution in [1.82, 2.24) is 10.6 Å². The fourth-order valence-corrected chi connectivity index (χ4v) is 2.93. The van der Waals surface area contributed by atoms with Crippen LogP contribution in [0.15, 0.2) is 60.7 Å². The number of rotatable bonds is 9. The topological polar surface area (TPSA) is 58.2 Å². The summed E-state index contributed by atoms with van der Waals surface area (Å²) in [5.74, 6) is 0.671. The molecule has 2 N–H and O–H groups in total. The number of carbonyl (C=O) groups excluding carboxylic acids is 2. The van der Waals surface area contributed by atoms with Gasteiger partial charge in [0.1, 0.15) is 0 Å². The van der Waals surface area contributed by atoms with E-state index in [2.05, 4.69) is 24.5 Å². The van der Waals surface area contributed by atoms with Gasteiger partial charge in [0, 0.05) is 24.2 Å². The lowest BCUT2D eigenvalue weighted by Crippen LogP contribution is -2.32. The third-order valence-electron chi connectivity index (χ3n) is 4.55. The number of hydrogen-bond donors (Lipinski definition) is 2. The summed E-state index contributed by atoms with van der Waals surface area (Å²) in [4.78, 5) is 24.3. The Kier molecular flexibility index (Phi) is 7.87. The van der Waals surface area contributed by atoms with Gasteiger partial charge >= 0.3 is 0 Å². The van der Waals surface area contributed by atoms with Crippen molar-refractivity contribution in [2.45, 2.75) is 26.7 Å². The first-order valence-electron chi connectivity index (χ1n) is 9.26. The molecule has 0 saturated carbocycles. The van der Waals surface area contributed by atoms with Gasteiger partial charge < -0.3 is 10.6 Å². The lowest BCUT2D eigenvalue weighted by Gasteiger charge is -2.20. The highest BCUT2D eigenvalue weighted by molar-refractivity contribution is 5.94. The van der Waals surface area contributed by atoms with Crippen LogP contribution in [0.2, 0.25) is 0 Å². The third kappa shape index (κ3) is 6.36. The molecule has 4 nitrogen and oxygen atoms in total. The summed E-state index contributed by atoms with van der Waals surface area (Å²) in [5.41, 5.74) is 1.37. The number of amides is 2. The molecule has 0 fully saturated rings. The lowest BCUT2D eigenvalue weighted by atomic mass is 9.93. The van der Waals surface area contributed by atoms with E-state index in [1.807, 2.05) is 60.7 Å². The van der Waals surface area contributed by atoms with Gasteiger partial charge in [0.2, 0.25) is 0 Å². The van der Waals surface area contributed by atoms with Crippen molar-refractivity contribution < 1.29 is 9.59 Å². The summed E-state index contributed by atoms with van der Waals surface area (Å²) in [5, 5.41) is 6.01. The van der Waals surface area contributed by atoms with E-state index in [1.165, 1.54) is 0 Å². The van der Waals surface area contributed by atoms with Gasteiger partial charge in [0.05, 0.1) is 0 Å². The van der Waals surface area contributed by atoms with Crippen LogP contribution >= 0.6 is 0 Å². The van der Waals surface area contributed by atoms with Crippen LogP contribution in [0.1, 0.15) is 47.4 Å². The maximum Gasteiger partial charge on any atom is 0.251 e. The Morgan fingerprint density at radius 3 is 1.73 bits per heavy atom. The third-order valence-corrected chi connectivity index (χ3v) is 4.55. The minimum Gasteiger partial charge on any atom is -0.352 e. The number of carbonyl (C=O) groups is 2. The Labute approximate surface area is 156 Å². The van der Waals surface area contributed by atoms with Crippen LogP contribution in [-0.4, -0.2) is 24.9 Å². The maximum atomic E-state index is 12.2. The Morgan fingerprint density at radius 1 is 0.808 bits per heavy atom. The molecule has 2 rings (SSSR count). The molecular formula is C22H28N2O2. The Hall–Kier alpha value is -2.62. The molecule has 0 bridgehead atoms. The quantitative estimate of drug-likeness (QED) is 0.719. The predicted molar refractivity (Wildman–Crippen MR) is 105 cm³/mol. The largest absolute Gasteiger partial charge is 0.352 e. The number of nitrogens with one attached hydrogen (secondary N) is 2. The van der Waals surface area contributed by atoms with Crippen LogP contribution in [0, 0.1) is 11.8 Å². The zero-order chi connectivity index (χ0) is 18.8. The molecule has 0 aliphatic carbocycles. The standard InChI is InChI=1S/C22H28N2O2/c1-3-18(16-24-22(26)20-12-8-5-9-13-20)14-17(2)15-23-21(25)19-10-6-4-7-11-19/h4-13,17-18H,3,14-16H2,1-2H3,(H,23,25)(H,24,26)/t17-,18?/m0/s1. The average Bonchev–Trinajstić information content (AvgIpc) is 2.70. The first-order chi connectivity index (χ1) is 12.6. The lowest BCUT2D eigenvalue weighted by molar-refractivity contribution is 0.0944. The molecule has 2 amide bonds. The second kappa shape index (κ2) is 10.4. The second-order valence-electron chi connectivity index (χ2n) is 6.77. The normalized spacial score (nSPS) is 12.8. The van der Waals surface area contributed by atoms with Gasteiger partial charge in [-0.25, -0.2) is 0 Å². The van der Waals surface area contributed by atoms with Crippen LogP contribution in [0.3, 0.4) is 0 Å². The summed E-state index contributed by atoms with van der Waals surface area (Å²) < 4.78 is 0. The van der Waals surface area contributed by atoms with E-state index in [9.17, 15) is 9.59 Å². The second-order valence-corrected chi connectivity index (χ2v) is 6.77. The molecule has 2 atom stereocenters. The van der Waals surface area contributed by atoms with Crippen molar-refractivity contribution in [3.05, 3.63) is 71.8 Å². The van der Waals surface area contributed by atoms with Crippen LogP contribution < -0.4 is 10.6 Å². The first kappa shape index (κ1) is 19.7. The highest BCUT2D eigenvalue weighted by atomic mass is 16.2. The van der Waals surface area contributed by atoms with Crippen molar-refractivity contribution in [1.29, 1.82) is 0 Å². The first-order valence-corrected chi connectivity index (χ1v) is 9.26. The summed E-state index contributed by atoms with van der Waals surface area (Å²) in [6.45, 7) is 5.56. The van der Waals surface area contributed by atoms with Gasteiger partial charge in [-0.2, -0.15) is 0 Å². The highest BCUT2D eigenvalue weighted by Gasteiger charge is 2.15. The minimum atomic E-state index is -0.0390. The van der Waals surface area contributed by atoms with Crippen LogP contribution in [0.4, 0.5) is 0 Å². The minimum absolute atomic E-state index is 0.0333. The van der Waals surface area contributed by atoms with Crippen LogP contribution in [0.25, 0.3) is 0 Å². The number of hydrogen-bond acceptors (Lipinski definition) is 2. The molecule has 138 valence electrons. The molecule has 0 heterocycles. The molecule has 0 aliphatic heterocycles. The van der Waals surface area contributed by atoms with Gasteiger partial charge in [-0.1, -0.05) is 56.7 Å². The molecule has 0 aliphatic rings. The van der Waals surface area contributed by atoms with E-state index in [-0.39, 0.29) is 11.8 Å². The van der Waals surface area contributed by atoms with Crippen molar-refractivity contribution in [3.63, 3.8) is 0 Å². The summed E-state index contributed by atoms with van der Waals surface area (Å²) >= 11 is 0. The Bertz CT molecular complexity index is 686. The Morgan fingerprint density at radius 2 is 1.27 bits per heavy atom. The zero-order valence-corrected chi connectivity index (χ0v) is 15.6. The van der Waals surface area contributed by atoms with E-state index in [0.29, 0.717) is 36.1 Å². The Balaban J connectivity index is 1.74. The van der Waals surface area contributed by atoms with E-state index < -0.39 is 0 Å². The van der Waals surface area contributed by atoms with Crippen molar-refractivity contribution in [2.24, 2.45) is 11.8 Å². The monoisotopic (exact) mass is 352 g/mol. The van der Waals surface area contributed by atoms with E-state index in [0.717, 1.165) is 12.8 Å². The zero-order valence-electron chi connectivity index (χ0n) is 15.6. The fourth-order valence-electron chi connectivity index (χ4n) is 2.93. The summed E-state index contributed by atoms with van der Waals surface area (Å²) in [6, 6.07) is 18.5. The molecule has 0 saturated heterocycles. The molecule has 1 unspecified atom stereocenters. The summed E-state index contributed by atoms with van der Waals surface area (Å²) in [6.07, 6.45) is 1.95. The van der Waals surface area contributed by atoms with Crippen LogP contribution in [-0.2, 0) is 0 Å². The predicted octanol–water partition coefficient (Wildman–Crippen LogP) is 3.90. The molecule has 2 aromatic rings. The fraction of sp³-hybridized carbons (Fsp3) is 0.364. The van der Waals surface area contributed by atoms with Gasteiger partial charge in [-0.3, -0.25) is 9.59 Å². The molecule has 4 heteroatoms. The molecule has 0 radical (unpaired) electrons. The van der Waals surface area contributed by atoms with E-state index >= 15 is 0 Å². The molecule has 2 aromatic carbocycles. The molecule has 0 spiro atoms. The van der Waals surface area contributed by atoms with Crippen molar-refractivity contribution in [3.8, 4) is 0 Å². The van der Waals surface area contributed by atoms with Crippen molar-refractivity contribution >= 4 is 11.8 Å². The van der Waals surface area contributed by atoms with E-state index in [4.69, 9.17) is 0 Å². The number of benzene rings is 2. The average molecular weight is 352 g/mol. The van der Waals surface area contributed by atoms with Gasteiger partial charge in [0.25, 0.3) is 11.8 Å². The van der Waals surface area contributed by atoms with Gasteiger partial charge in [0.15, 0.2) is 0 Å². The van der Waals surface area contributed by atoms with Crippen LogP contribution in [0.5, 0.6) is 0 Å². The van der Waals surface area contributed by atoms with Crippen molar-refractivity contribution in [2.75, 3.05) is 13.1 Å². The molecule has 0 aromatic heterocycles. The maximum absolute atomic E-state index is 12.2. The van der Waals surface area contributed by atoms with Gasteiger partial charge in [-0.05, 0) is 42.5 Å². The highest BCUT2D eigenvalue weighted by Crippen LogP contribution is 2.15.